The first-order chi connectivity index (χ1) is 14.4. The van der Waals surface area contributed by atoms with E-state index >= 15 is 0 Å². The maximum atomic E-state index is 12.9. The fourth-order valence-corrected chi connectivity index (χ4v) is 5.18. The summed E-state index contributed by atoms with van der Waals surface area (Å²) in [6.07, 6.45) is 4.09. The topological polar surface area (TPSA) is 84.3 Å². The molecule has 30 heavy (non-hydrogen) atoms. The molecule has 1 N–H and O–H groups in total. The van der Waals surface area contributed by atoms with Gasteiger partial charge in [-0.2, -0.15) is 4.31 Å². The fraction of sp³-hybridized carbons (Fsp3) is 0.364. The first kappa shape index (κ1) is 20.6. The Balaban J connectivity index is 1.42. The number of carbonyl (C=O) groups excluding carboxylic acids is 1. The van der Waals surface area contributed by atoms with Crippen LogP contribution < -0.4 is 5.32 Å². The van der Waals surface area contributed by atoms with Gasteiger partial charge in [0.05, 0.1) is 6.33 Å². The van der Waals surface area contributed by atoms with Crippen LogP contribution in [-0.4, -0.2) is 41.3 Å². The van der Waals surface area contributed by atoms with Gasteiger partial charge in [0, 0.05) is 42.3 Å². The summed E-state index contributed by atoms with van der Waals surface area (Å²) in [7, 11) is -3.64. The molecule has 7 nitrogen and oxygen atoms in total. The number of rotatable bonds is 5. The van der Waals surface area contributed by atoms with Gasteiger partial charge in [-0.1, -0.05) is 36.4 Å². The average molecular weight is 427 g/mol. The molecule has 1 amide bonds. The molecule has 1 aliphatic heterocycles. The number of carbonyl (C=O) groups is 1. The van der Waals surface area contributed by atoms with E-state index in [1.54, 1.807) is 17.1 Å². The minimum Gasteiger partial charge on any atom is -0.334 e. The quantitative estimate of drug-likeness (QED) is 0.675. The second kappa shape index (κ2) is 8.20. The van der Waals surface area contributed by atoms with Crippen LogP contribution in [0.3, 0.4) is 0 Å². The van der Waals surface area contributed by atoms with E-state index in [1.807, 2.05) is 56.3 Å². The zero-order valence-corrected chi connectivity index (χ0v) is 18.0. The third kappa shape index (κ3) is 3.97. The third-order valence-electron chi connectivity index (χ3n) is 5.65. The van der Waals surface area contributed by atoms with Crippen molar-refractivity contribution in [2.24, 2.45) is 5.92 Å². The Labute approximate surface area is 176 Å². The number of fused-ring (bicyclic) bond motifs is 1. The van der Waals surface area contributed by atoms with Crippen LogP contribution in [0.25, 0.3) is 10.8 Å². The lowest BCUT2D eigenvalue weighted by atomic mass is 9.97. The molecule has 0 saturated carbocycles. The van der Waals surface area contributed by atoms with Crippen molar-refractivity contribution in [3.8, 4) is 0 Å². The standard InChI is InChI=1S/C22H26N4O3S/c1-16(2)25-14-21(23-15-25)30(28,29)26-12-10-18(11-13-26)22(27)24-20-9-5-7-17-6-3-4-8-19(17)20/h3-9,14-16,18H,10-13H2,1-2H3,(H,24,27). The summed E-state index contributed by atoms with van der Waals surface area (Å²) >= 11 is 0. The first-order valence-electron chi connectivity index (χ1n) is 10.2. The number of piperidine rings is 1. The predicted octanol–water partition coefficient (Wildman–Crippen LogP) is 3.66. The summed E-state index contributed by atoms with van der Waals surface area (Å²) in [5, 5.41) is 5.16. The summed E-state index contributed by atoms with van der Waals surface area (Å²) in [5.74, 6) is -0.281. The largest absolute Gasteiger partial charge is 0.334 e. The van der Waals surface area contributed by atoms with E-state index in [2.05, 4.69) is 10.3 Å². The molecule has 0 atom stereocenters. The van der Waals surface area contributed by atoms with E-state index in [0.29, 0.717) is 25.9 Å². The highest BCUT2D eigenvalue weighted by Gasteiger charge is 2.33. The summed E-state index contributed by atoms with van der Waals surface area (Å²) in [5.41, 5.74) is 0.785. The molecule has 0 bridgehead atoms. The van der Waals surface area contributed by atoms with Gasteiger partial charge in [0.15, 0.2) is 5.03 Å². The van der Waals surface area contributed by atoms with Gasteiger partial charge in [-0.3, -0.25) is 4.79 Å². The molecule has 1 fully saturated rings. The maximum Gasteiger partial charge on any atom is 0.262 e. The van der Waals surface area contributed by atoms with Crippen molar-refractivity contribution in [3.05, 3.63) is 55.0 Å². The van der Waals surface area contributed by atoms with Gasteiger partial charge < -0.3 is 9.88 Å². The van der Waals surface area contributed by atoms with Crippen molar-refractivity contribution in [3.63, 3.8) is 0 Å². The monoisotopic (exact) mass is 426 g/mol. The lowest BCUT2D eigenvalue weighted by Crippen LogP contribution is -2.41. The molecule has 0 spiro atoms. The molecule has 0 unspecified atom stereocenters. The van der Waals surface area contributed by atoms with Gasteiger partial charge in [-0.25, -0.2) is 13.4 Å². The van der Waals surface area contributed by atoms with E-state index in [4.69, 9.17) is 0 Å². The molecule has 2 aromatic carbocycles. The number of aromatic nitrogens is 2. The average Bonchev–Trinajstić information content (AvgIpc) is 3.26. The van der Waals surface area contributed by atoms with E-state index in [-0.39, 0.29) is 22.9 Å². The molecule has 0 radical (unpaired) electrons. The van der Waals surface area contributed by atoms with Gasteiger partial charge in [-0.05, 0) is 38.1 Å². The molecule has 4 rings (SSSR count). The zero-order chi connectivity index (χ0) is 21.3. The number of imidazole rings is 1. The highest BCUT2D eigenvalue weighted by atomic mass is 32.2. The molecule has 8 heteroatoms. The highest BCUT2D eigenvalue weighted by Crippen LogP contribution is 2.27. The van der Waals surface area contributed by atoms with Crippen molar-refractivity contribution < 1.29 is 13.2 Å². The number of amides is 1. The SMILES string of the molecule is CC(C)n1cnc(S(=O)(=O)N2CCC(C(=O)Nc3cccc4ccccc34)CC2)c1. The Bertz CT molecular complexity index is 1160. The number of nitrogens with one attached hydrogen (secondary N) is 1. The molecular weight excluding hydrogens is 400 g/mol. The molecule has 158 valence electrons. The van der Waals surface area contributed by atoms with Gasteiger partial charge >= 0.3 is 0 Å². The van der Waals surface area contributed by atoms with E-state index in [9.17, 15) is 13.2 Å². The van der Waals surface area contributed by atoms with Crippen LogP contribution >= 0.6 is 0 Å². The molecule has 1 saturated heterocycles. The highest BCUT2D eigenvalue weighted by molar-refractivity contribution is 7.89. The summed E-state index contributed by atoms with van der Waals surface area (Å²) in [6, 6.07) is 13.9. The number of anilines is 1. The second-order valence-corrected chi connectivity index (χ2v) is 9.83. The molecule has 1 aliphatic rings. The van der Waals surface area contributed by atoms with Gasteiger partial charge in [0.25, 0.3) is 10.0 Å². The Morgan fingerprint density at radius 1 is 1.10 bits per heavy atom. The predicted molar refractivity (Wildman–Crippen MR) is 117 cm³/mol. The van der Waals surface area contributed by atoms with Gasteiger partial charge in [0.1, 0.15) is 0 Å². The van der Waals surface area contributed by atoms with Crippen molar-refractivity contribution in [2.75, 3.05) is 18.4 Å². The molecule has 1 aromatic heterocycles. The summed E-state index contributed by atoms with van der Waals surface area (Å²) in [6.45, 7) is 4.56. The Morgan fingerprint density at radius 2 is 1.80 bits per heavy atom. The summed E-state index contributed by atoms with van der Waals surface area (Å²) < 4.78 is 29.0. The van der Waals surface area contributed by atoms with Crippen LogP contribution in [0.2, 0.25) is 0 Å². The number of hydrogen-bond acceptors (Lipinski definition) is 4. The van der Waals surface area contributed by atoms with Crippen LogP contribution in [0, 0.1) is 5.92 Å². The van der Waals surface area contributed by atoms with Gasteiger partial charge in [-0.15, -0.1) is 0 Å². The molecule has 3 aromatic rings. The Morgan fingerprint density at radius 3 is 2.50 bits per heavy atom. The van der Waals surface area contributed by atoms with Gasteiger partial charge in [0.2, 0.25) is 5.91 Å². The van der Waals surface area contributed by atoms with E-state index < -0.39 is 10.0 Å². The lowest BCUT2D eigenvalue weighted by molar-refractivity contribution is -0.120. The minimum absolute atomic E-state index is 0.0625. The van der Waals surface area contributed by atoms with Crippen LogP contribution in [0.15, 0.2) is 60.0 Å². The molecular formula is C22H26N4O3S. The number of benzene rings is 2. The van der Waals surface area contributed by atoms with Crippen LogP contribution in [-0.2, 0) is 14.8 Å². The fourth-order valence-electron chi connectivity index (χ4n) is 3.79. The van der Waals surface area contributed by atoms with Crippen molar-refractivity contribution in [1.82, 2.24) is 13.9 Å². The van der Waals surface area contributed by atoms with Crippen LogP contribution in [0.1, 0.15) is 32.7 Å². The minimum atomic E-state index is -3.64. The van der Waals surface area contributed by atoms with Crippen molar-refractivity contribution >= 4 is 32.4 Å². The molecule has 0 aliphatic carbocycles. The normalized spacial score (nSPS) is 16.2. The van der Waals surface area contributed by atoms with E-state index in [1.165, 1.54) is 4.31 Å². The summed E-state index contributed by atoms with van der Waals surface area (Å²) in [4.78, 5) is 16.9. The molecule has 2 heterocycles. The van der Waals surface area contributed by atoms with Crippen LogP contribution in [0.5, 0.6) is 0 Å². The van der Waals surface area contributed by atoms with E-state index in [0.717, 1.165) is 16.5 Å². The number of sulfonamides is 1. The second-order valence-electron chi connectivity index (χ2n) is 7.95. The van der Waals surface area contributed by atoms with Crippen molar-refractivity contribution in [2.45, 2.75) is 37.8 Å². The Hall–Kier alpha value is -2.71. The van der Waals surface area contributed by atoms with Crippen LogP contribution in [0.4, 0.5) is 5.69 Å². The number of nitrogens with zero attached hydrogens (tertiary/aromatic N) is 3. The zero-order valence-electron chi connectivity index (χ0n) is 17.2. The maximum absolute atomic E-state index is 12.9. The third-order valence-corrected chi connectivity index (χ3v) is 7.43. The lowest BCUT2D eigenvalue weighted by Gasteiger charge is -2.30. The number of hydrogen-bond donors (Lipinski definition) is 1. The smallest absolute Gasteiger partial charge is 0.262 e. The first-order valence-corrected chi connectivity index (χ1v) is 11.6. The Kier molecular flexibility index (Phi) is 5.62. The van der Waals surface area contributed by atoms with Crippen molar-refractivity contribution in [1.29, 1.82) is 0 Å².